The van der Waals surface area contributed by atoms with Crippen molar-refractivity contribution in [2.75, 3.05) is 49.6 Å². The van der Waals surface area contributed by atoms with E-state index in [1.165, 1.54) is 16.4 Å². The molecule has 0 atom stereocenters. The number of sulfonamides is 1. The van der Waals surface area contributed by atoms with Crippen molar-refractivity contribution in [1.29, 1.82) is 0 Å². The number of amides is 1. The van der Waals surface area contributed by atoms with Crippen LogP contribution in [0.3, 0.4) is 0 Å². The maximum absolute atomic E-state index is 13.1. The molecular weight excluding hydrogens is 461 g/mol. The number of hydrogen-bond acceptors (Lipinski definition) is 6. The van der Waals surface area contributed by atoms with Crippen LogP contribution in [0.25, 0.3) is 0 Å². The first-order valence-electron chi connectivity index (χ1n) is 10.5. The van der Waals surface area contributed by atoms with E-state index < -0.39 is 27.7 Å². The monoisotopic (exact) mass is 484 g/mol. The number of aromatic nitrogens is 1. The van der Waals surface area contributed by atoms with Crippen LogP contribution in [0.5, 0.6) is 0 Å². The molecule has 8 nitrogen and oxygen atoms in total. The predicted molar refractivity (Wildman–Crippen MR) is 115 cm³/mol. The van der Waals surface area contributed by atoms with Gasteiger partial charge >= 0.3 is 6.18 Å². The van der Waals surface area contributed by atoms with Crippen molar-refractivity contribution in [3.05, 3.63) is 47.8 Å². The van der Waals surface area contributed by atoms with Crippen molar-refractivity contribution >= 4 is 27.3 Å². The number of morpholine rings is 1. The van der Waals surface area contributed by atoms with Gasteiger partial charge in [0.25, 0.3) is 5.91 Å². The van der Waals surface area contributed by atoms with Gasteiger partial charge < -0.3 is 15.0 Å². The lowest BCUT2D eigenvalue weighted by molar-refractivity contribution is -0.137. The van der Waals surface area contributed by atoms with Crippen molar-refractivity contribution in [2.24, 2.45) is 0 Å². The van der Waals surface area contributed by atoms with Crippen molar-refractivity contribution in [1.82, 2.24) is 9.29 Å². The van der Waals surface area contributed by atoms with Gasteiger partial charge in [-0.2, -0.15) is 17.5 Å². The molecule has 12 heteroatoms. The lowest BCUT2D eigenvalue weighted by Gasteiger charge is -2.27. The third-order valence-electron chi connectivity index (χ3n) is 5.59. The highest BCUT2D eigenvalue weighted by atomic mass is 32.2. The number of carbonyl (C=O) groups excluding carboxylic acids is 1. The number of rotatable bonds is 5. The zero-order chi connectivity index (χ0) is 23.6. The number of alkyl halides is 3. The molecule has 0 radical (unpaired) electrons. The Balaban J connectivity index is 1.64. The van der Waals surface area contributed by atoms with E-state index >= 15 is 0 Å². The first-order valence-corrected chi connectivity index (χ1v) is 11.9. The molecule has 0 aliphatic carbocycles. The Kier molecular flexibility index (Phi) is 6.59. The summed E-state index contributed by atoms with van der Waals surface area (Å²) in [7, 11) is -3.80. The van der Waals surface area contributed by atoms with E-state index in [-0.39, 0.29) is 29.4 Å². The standard InChI is InChI=1S/C21H23F3N4O4S/c22-21(23,24)15-3-5-17(25-14-15)20(29)26-18-13-16(4-6-19(18)27-7-1-2-8-27)33(30,31)28-9-11-32-12-10-28/h3-6,13-14H,1-2,7-12H2,(H,26,29). The van der Waals surface area contributed by atoms with Gasteiger partial charge in [-0.25, -0.2) is 8.42 Å². The van der Waals surface area contributed by atoms with Gasteiger partial charge in [-0.1, -0.05) is 0 Å². The zero-order valence-electron chi connectivity index (χ0n) is 17.6. The molecule has 4 rings (SSSR count). The minimum Gasteiger partial charge on any atom is -0.379 e. The Morgan fingerprint density at radius 2 is 1.73 bits per heavy atom. The van der Waals surface area contributed by atoms with Crippen LogP contribution in [0.2, 0.25) is 0 Å². The number of anilines is 2. The van der Waals surface area contributed by atoms with Gasteiger partial charge in [0.1, 0.15) is 5.69 Å². The molecule has 0 bridgehead atoms. The molecule has 178 valence electrons. The highest BCUT2D eigenvalue weighted by Crippen LogP contribution is 2.33. The number of halogens is 3. The molecule has 1 N–H and O–H groups in total. The summed E-state index contributed by atoms with van der Waals surface area (Å²) in [5, 5.41) is 2.65. The van der Waals surface area contributed by atoms with Crippen LogP contribution in [0.1, 0.15) is 28.9 Å². The van der Waals surface area contributed by atoms with E-state index in [9.17, 15) is 26.4 Å². The summed E-state index contributed by atoms with van der Waals surface area (Å²) in [6.45, 7) is 2.55. The van der Waals surface area contributed by atoms with E-state index in [4.69, 9.17) is 4.74 Å². The molecule has 33 heavy (non-hydrogen) atoms. The zero-order valence-corrected chi connectivity index (χ0v) is 18.5. The van der Waals surface area contributed by atoms with Crippen molar-refractivity contribution in [2.45, 2.75) is 23.9 Å². The van der Waals surface area contributed by atoms with Gasteiger partial charge in [0.15, 0.2) is 0 Å². The number of nitrogens with zero attached hydrogens (tertiary/aromatic N) is 3. The van der Waals surface area contributed by atoms with E-state index in [1.54, 1.807) is 6.07 Å². The topological polar surface area (TPSA) is 91.8 Å². The van der Waals surface area contributed by atoms with Crippen molar-refractivity contribution in [3.8, 4) is 0 Å². The lowest BCUT2D eigenvalue weighted by atomic mass is 10.2. The smallest absolute Gasteiger partial charge is 0.379 e. The quantitative estimate of drug-likeness (QED) is 0.702. The second-order valence-electron chi connectivity index (χ2n) is 7.77. The normalized spacial score (nSPS) is 17.8. The third-order valence-corrected chi connectivity index (χ3v) is 7.49. The molecule has 3 heterocycles. The second-order valence-corrected chi connectivity index (χ2v) is 9.71. The van der Waals surface area contributed by atoms with Gasteiger partial charge in [-0.3, -0.25) is 9.78 Å². The highest BCUT2D eigenvalue weighted by Gasteiger charge is 2.31. The van der Waals surface area contributed by atoms with Crippen LogP contribution in [-0.4, -0.2) is 63.0 Å². The van der Waals surface area contributed by atoms with Gasteiger partial charge in [-0.05, 0) is 43.2 Å². The Morgan fingerprint density at radius 1 is 1.03 bits per heavy atom. The average Bonchev–Trinajstić information content (AvgIpc) is 3.34. The summed E-state index contributed by atoms with van der Waals surface area (Å²) in [5.74, 6) is -0.731. The largest absolute Gasteiger partial charge is 0.417 e. The maximum Gasteiger partial charge on any atom is 0.417 e. The second kappa shape index (κ2) is 9.27. The van der Waals surface area contributed by atoms with Crippen LogP contribution < -0.4 is 10.2 Å². The highest BCUT2D eigenvalue weighted by molar-refractivity contribution is 7.89. The van der Waals surface area contributed by atoms with Crippen LogP contribution in [0.4, 0.5) is 24.5 Å². The van der Waals surface area contributed by atoms with Crippen LogP contribution >= 0.6 is 0 Å². The van der Waals surface area contributed by atoms with Crippen molar-refractivity contribution < 1.29 is 31.1 Å². The summed E-state index contributed by atoms with van der Waals surface area (Å²) in [4.78, 5) is 18.4. The van der Waals surface area contributed by atoms with Gasteiger partial charge in [-0.15, -0.1) is 0 Å². The Bertz CT molecular complexity index is 1110. The fourth-order valence-electron chi connectivity index (χ4n) is 3.83. The van der Waals surface area contributed by atoms with Gasteiger partial charge in [0, 0.05) is 32.4 Å². The fraction of sp³-hybridized carbons (Fsp3) is 0.429. The number of ether oxygens (including phenoxy) is 1. The van der Waals surface area contributed by atoms with Crippen LogP contribution in [-0.2, 0) is 20.9 Å². The molecule has 2 aliphatic heterocycles. The number of hydrogen-bond donors (Lipinski definition) is 1. The first kappa shape index (κ1) is 23.5. The molecule has 2 aliphatic rings. The van der Waals surface area contributed by atoms with Gasteiger partial charge in [0.2, 0.25) is 10.0 Å². The first-order chi connectivity index (χ1) is 15.7. The molecule has 1 aromatic heterocycles. The van der Waals surface area contributed by atoms with E-state index in [1.807, 2.05) is 4.90 Å². The maximum atomic E-state index is 13.1. The predicted octanol–water partition coefficient (Wildman–Crippen LogP) is 2.97. The number of pyridine rings is 1. The third kappa shape index (κ3) is 5.12. The van der Waals surface area contributed by atoms with E-state index in [2.05, 4.69) is 10.3 Å². The SMILES string of the molecule is O=C(Nc1cc(S(=O)(=O)N2CCOCC2)ccc1N1CCCC1)c1ccc(C(F)(F)F)cn1. The number of benzene rings is 1. The van der Waals surface area contributed by atoms with E-state index in [0.717, 1.165) is 38.1 Å². The summed E-state index contributed by atoms with van der Waals surface area (Å²) >= 11 is 0. The van der Waals surface area contributed by atoms with Crippen LogP contribution in [0.15, 0.2) is 41.4 Å². The molecule has 0 saturated carbocycles. The summed E-state index contributed by atoms with van der Waals surface area (Å²) in [6.07, 6.45) is -2.05. The molecule has 2 fully saturated rings. The Morgan fingerprint density at radius 3 is 2.33 bits per heavy atom. The molecule has 1 aromatic carbocycles. The van der Waals surface area contributed by atoms with E-state index in [0.29, 0.717) is 25.1 Å². The lowest BCUT2D eigenvalue weighted by Crippen LogP contribution is -2.40. The van der Waals surface area contributed by atoms with Crippen LogP contribution in [0, 0.1) is 0 Å². The molecular formula is C21H23F3N4O4S. The average molecular weight is 485 g/mol. The Labute approximate surface area is 189 Å². The molecule has 0 unspecified atom stereocenters. The fourth-order valence-corrected chi connectivity index (χ4v) is 5.26. The molecule has 0 spiro atoms. The minimum absolute atomic E-state index is 0.0167. The van der Waals surface area contributed by atoms with Crippen molar-refractivity contribution in [3.63, 3.8) is 0 Å². The summed E-state index contributed by atoms with van der Waals surface area (Å²) < 4.78 is 71.1. The summed E-state index contributed by atoms with van der Waals surface area (Å²) in [5.41, 5.74) is -0.265. The minimum atomic E-state index is -4.56. The molecule has 1 amide bonds. The molecule has 2 aromatic rings. The molecule has 2 saturated heterocycles. The number of carbonyl (C=O) groups is 1. The van der Waals surface area contributed by atoms with Gasteiger partial charge in [0.05, 0.1) is 35.0 Å². The number of nitrogens with one attached hydrogen (secondary N) is 1. The summed E-state index contributed by atoms with van der Waals surface area (Å²) in [6, 6.07) is 6.31. The Hall–Kier alpha value is -2.70.